The van der Waals surface area contributed by atoms with E-state index in [1.807, 2.05) is 0 Å². The van der Waals surface area contributed by atoms with Crippen LogP contribution < -0.4 is 10.6 Å². The van der Waals surface area contributed by atoms with E-state index in [2.05, 4.69) is 25.6 Å². The van der Waals surface area contributed by atoms with Gasteiger partial charge in [0.05, 0.1) is 22.0 Å². The third-order valence-corrected chi connectivity index (χ3v) is 7.55. The van der Waals surface area contributed by atoms with Crippen molar-refractivity contribution in [1.82, 2.24) is 15.0 Å². The molecule has 35 heavy (non-hydrogen) atoms. The van der Waals surface area contributed by atoms with E-state index in [1.165, 1.54) is 11.8 Å². The number of aromatic amines is 1. The van der Waals surface area contributed by atoms with Crippen molar-refractivity contribution in [2.45, 2.75) is 47.9 Å². The minimum Gasteiger partial charge on any atom is -0.481 e. The molecule has 2 amide bonds. The molecule has 0 aliphatic heterocycles. The third kappa shape index (κ3) is 6.55. The zero-order chi connectivity index (χ0) is 24.8. The Morgan fingerprint density at radius 3 is 2.57 bits per heavy atom. The number of aromatic nitrogens is 3. The van der Waals surface area contributed by atoms with Crippen molar-refractivity contribution in [3.05, 3.63) is 47.9 Å². The number of nitrogens with zero attached hydrogens (tertiary/aromatic N) is 2. The molecule has 1 aromatic carbocycles. The van der Waals surface area contributed by atoms with Crippen molar-refractivity contribution in [2.24, 2.45) is 5.92 Å². The smallest absolute Gasteiger partial charge is 0.309 e. The van der Waals surface area contributed by atoms with Gasteiger partial charge >= 0.3 is 5.97 Å². The summed E-state index contributed by atoms with van der Waals surface area (Å²) in [7, 11) is 0. The molecule has 4 N–H and O–H groups in total. The average molecular weight is 514 g/mol. The number of anilines is 2. The number of nitrogens with one attached hydrogen (secondary N) is 3. The van der Waals surface area contributed by atoms with Gasteiger partial charge in [-0.25, -0.2) is 9.97 Å². The molecule has 1 aliphatic rings. The fraction of sp³-hybridized carbons (Fsp3) is 0.304. The van der Waals surface area contributed by atoms with Crippen LogP contribution >= 0.6 is 23.1 Å². The van der Waals surface area contributed by atoms with E-state index in [9.17, 15) is 19.2 Å². The molecule has 12 heteroatoms. The van der Waals surface area contributed by atoms with Gasteiger partial charge in [-0.1, -0.05) is 36.3 Å². The summed E-state index contributed by atoms with van der Waals surface area (Å²) in [6.07, 6.45) is 6.16. The molecule has 2 heterocycles. The lowest BCUT2D eigenvalue weighted by molar-refractivity contribution is -0.136. The first-order valence-electron chi connectivity index (χ1n) is 11.0. The molecule has 1 saturated carbocycles. The molecule has 4 rings (SSSR count). The largest absolute Gasteiger partial charge is 0.481 e. The van der Waals surface area contributed by atoms with Crippen LogP contribution in [-0.4, -0.2) is 43.6 Å². The number of hydrogen-bond acceptors (Lipinski definition) is 8. The molecule has 0 atom stereocenters. The Morgan fingerprint density at radius 1 is 1.11 bits per heavy atom. The van der Waals surface area contributed by atoms with Gasteiger partial charge in [-0.2, -0.15) is 0 Å². The number of imidazole rings is 1. The maximum atomic E-state index is 12.8. The summed E-state index contributed by atoms with van der Waals surface area (Å²) in [5, 5.41) is 15.1. The normalized spacial score (nSPS) is 13.5. The predicted octanol–water partition coefficient (Wildman–Crippen LogP) is 3.98. The van der Waals surface area contributed by atoms with E-state index in [-0.39, 0.29) is 23.3 Å². The quantitative estimate of drug-likeness (QED) is 0.234. The molecule has 182 valence electrons. The number of para-hydroxylation sites is 1. The molecule has 0 unspecified atom stereocenters. The number of aliphatic carboxylic acids is 1. The molecule has 3 aromatic rings. The van der Waals surface area contributed by atoms with Crippen molar-refractivity contribution < 1.29 is 24.3 Å². The first kappa shape index (κ1) is 24.6. The van der Waals surface area contributed by atoms with Crippen molar-refractivity contribution in [3.8, 4) is 0 Å². The summed E-state index contributed by atoms with van der Waals surface area (Å²) in [6, 6.07) is 6.81. The molecule has 0 spiro atoms. The van der Waals surface area contributed by atoms with Crippen molar-refractivity contribution >= 4 is 57.5 Å². The number of H-pyrrole nitrogens is 1. The number of carbonyl (C=O) groups excluding carboxylic acids is 3. The maximum absolute atomic E-state index is 12.8. The summed E-state index contributed by atoms with van der Waals surface area (Å²) in [5.74, 6) is -2.25. The van der Waals surface area contributed by atoms with Gasteiger partial charge < -0.3 is 20.7 Å². The second kappa shape index (κ2) is 11.3. The minimum absolute atomic E-state index is 0.0122. The number of amides is 2. The van der Waals surface area contributed by atoms with Crippen LogP contribution in [0, 0.1) is 5.92 Å². The zero-order valence-corrected chi connectivity index (χ0v) is 20.2. The SMILES string of the molecule is O=C(O)Cc1nc(NC(=O)CC(=O)Nc2ccccc2C(=O)C2CCCC2)sc1Sc1ncc[nH]1. The number of rotatable bonds is 10. The molecule has 1 aliphatic carbocycles. The topological polar surface area (TPSA) is 154 Å². The van der Waals surface area contributed by atoms with Gasteiger partial charge in [0.2, 0.25) is 11.8 Å². The molecule has 0 saturated heterocycles. The van der Waals surface area contributed by atoms with Crippen molar-refractivity contribution in [2.75, 3.05) is 10.6 Å². The lowest BCUT2D eigenvalue weighted by atomic mass is 9.95. The highest BCUT2D eigenvalue weighted by Crippen LogP contribution is 2.36. The number of benzene rings is 1. The summed E-state index contributed by atoms with van der Waals surface area (Å²) in [6.45, 7) is 0. The molecular formula is C23H23N5O5S2. The van der Waals surface area contributed by atoms with Crippen molar-refractivity contribution in [3.63, 3.8) is 0 Å². The summed E-state index contributed by atoms with van der Waals surface area (Å²) in [4.78, 5) is 60.3. The third-order valence-electron chi connectivity index (χ3n) is 5.40. The van der Waals surface area contributed by atoms with Crippen LogP contribution in [0.2, 0.25) is 0 Å². The summed E-state index contributed by atoms with van der Waals surface area (Å²) >= 11 is 2.30. The van der Waals surface area contributed by atoms with Gasteiger partial charge in [0, 0.05) is 23.9 Å². The van der Waals surface area contributed by atoms with Crippen LogP contribution in [0.5, 0.6) is 0 Å². The molecule has 2 aromatic heterocycles. The standard InChI is InChI=1S/C23H23N5O5S2/c29-17(26-15-8-4-3-7-14(15)20(33)13-5-1-2-6-13)12-18(30)28-23-27-16(11-19(31)32)21(35-23)34-22-24-9-10-25-22/h3-4,7-10,13H,1-2,5-6,11-12H2,(H,24,25)(H,26,29)(H,31,32)(H,27,28,30). The Labute approximate surface area is 209 Å². The minimum atomic E-state index is -1.06. The van der Waals surface area contributed by atoms with E-state index in [0.29, 0.717) is 26.3 Å². The highest BCUT2D eigenvalue weighted by Gasteiger charge is 2.26. The first-order valence-corrected chi connectivity index (χ1v) is 12.6. The zero-order valence-electron chi connectivity index (χ0n) is 18.6. The van der Waals surface area contributed by atoms with Crippen LogP contribution in [0.1, 0.15) is 48.2 Å². The van der Waals surface area contributed by atoms with E-state index < -0.39 is 24.2 Å². The summed E-state index contributed by atoms with van der Waals surface area (Å²) < 4.78 is 0.571. The van der Waals surface area contributed by atoms with Gasteiger partial charge in [-0.3, -0.25) is 19.2 Å². The second-order valence-corrected chi connectivity index (χ2v) is 10.2. The number of Topliss-reactive ketones (excluding diaryl/α,β-unsaturated/α-hetero) is 1. The second-order valence-electron chi connectivity index (χ2n) is 7.98. The average Bonchev–Trinajstić information content (AvgIpc) is 3.57. The van der Waals surface area contributed by atoms with Crippen LogP contribution in [0.25, 0.3) is 0 Å². The Kier molecular flexibility index (Phi) is 7.93. The Bertz CT molecular complexity index is 1230. The molecule has 0 bridgehead atoms. The number of carboxylic acids is 1. The fourth-order valence-corrected chi connectivity index (χ4v) is 5.86. The van der Waals surface area contributed by atoms with E-state index in [1.54, 1.807) is 36.7 Å². The number of ketones is 1. The summed E-state index contributed by atoms with van der Waals surface area (Å²) in [5.41, 5.74) is 1.13. The molecule has 10 nitrogen and oxygen atoms in total. The molecule has 1 fully saturated rings. The van der Waals surface area contributed by atoms with Gasteiger partial charge in [0.1, 0.15) is 6.42 Å². The fourth-order valence-electron chi connectivity index (χ4n) is 3.84. The van der Waals surface area contributed by atoms with E-state index in [4.69, 9.17) is 5.11 Å². The molecular weight excluding hydrogens is 490 g/mol. The van der Waals surface area contributed by atoms with Crippen molar-refractivity contribution in [1.29, 1.82) is 0 Å². The predicted molar refractivity (Wildman–Crippen MR) is 131 cm³/mol. The Hall–Kier alpha value is -3.51. The first-order chi connectivity index (χ1) is 16.9. The van der Waals surface area contributed by atoms with Crippen LogP contribution in [-0.2, 0) is 20.8 Å². The van der Waals surface area contributed by atoms with Crippen LogP contribution in [0.3, 0.4) is 0 Å². The van der Waals surface area contributed by atoms with E-state index >= 15 is 0 Å². The number of hydrogen-bond donors (Lipinski definition) is 4. The van der Waals surface area contributed by atoms with E-state index in [0.717, 1.165) is 37.0 Å². The highest BCUT2D eigenvalue weighted by molar-refractivity contribution is 8.01. The monoisotopic (exact) mass is 513 g/mol. The number of carbonyl (C=O) groups is 4. The maximum Gasteiger partial charge on any atom is 0.309 e. The highest BCUT2D eigenvalue weighted by atomic mass is 32.2. The van der Waals surface area contributed by atoms with Crippen LogP contribution in [0.4, 0.5) is 10.8 Å². The van der Waals surface area contributed by atoms with Gasteiger partial charge in [-0.05, 0) is 36.7 Å². The number of thiazole rings is 1. The van der Waals surface area contributed by atoms with Gasteiger partial charge in [0.15, 0.2) is 16.1 Å². The molecule has 0 radical (unpaired) electrons. The van der Waals surface area contributed by atoms with Gasteiger partial charge in [0.25, 0.3) is 0 Å². The Morgan fingerprint density at radius 2 is 1.86 bits per heavy atom. The Balaban J connectivity index is 1.39. The van der Waals surface area contributed by atoms with Crippen LogP contribution in [0.15, 0.2) is 46.0 Å². The van der Waals surface area contributed by atoms with Gasteiger partial charge in [-0.15, -0.1) is 0 Å². The number of carboxylic acid groups (broad SMARTS) is 1. The lowest BCUT2D eigenvalue weighted by Gasteiger charge is -2.13. The lowest BCUT2D eigenvalue weighted by Crippen LogP contribution is -2.23.